The van der Waals surface area contributed by atoms with Gasteiger partial charge in [0.2, 0.25) is 29.5 Å². The number of nitrogens with zero attached hydrogens (tertiary/aromatic N) is 6. The van der Waals surface area contributed by atoms with Crippen molar-refractivity contribution in [3.8, 4) is 0 Å². The van der Waals surface area contributed by atoms with E-state index in [2.05, 4.69) is 78.0 Å². The van der Waals surface area contributed by atoms with Crippen molar-refractivity contribution in [2.45, 2.75) is 63.3 Å². The number of aliphatic carboxylic acids is 2. The Bertz CT molecular complexity index is 3050. The zero-order chi connectivity index (χ0) is 57.9. The monoisotopic (exact) mass is 1130 g/mol. The first-order valence-electron chi connectivity index (χ1n) is 25.8. The number of carbonyl (C=O) groups is 9. The Morgan fingerprint density at radius 2 is 1.07 bits per heavy atom. The normalized spacial score (nSPS) is 12.2. The lowest BCUT2D eigenvalue weighted by Crippen LogP contribution is -2.53. The lowest BCUT2D eigenvalue weighted by molar-refractivity contribution is -0.142. The molecule has 0 aliphatic rings. The van der Waals surface area contributed by atoms with Crippen LogP contribution in [-0.4, -0.2) is 193 Å². The summed E-state index contributed by atoms with van der Waals surface area (Å²) in [6.07, 6.45) is 10.3. The number of H-pyrrole nitrogens is 2. The number of anilines is 2. The van der Waals surface area contributed by atoms with Crippen LogP contribution >= 0.6 is 0 Å². The highest BCUT2D eigenvalue weighted by Crippen LogP contribution is 2.18. The maximum Gasteiger partial charge on any atom is 0.328 e. The molecule has 3 atom stereocenters. The molecule has 4 heterocycles. The summed E-state index contributed by atoms with van der Waals surface area (Å²) >= 11 is 0. The van der Waals surface area contributed by atoms with Crippen molar-refractivity contribution in [1.82, 2.24) is 76.7 Å². The molecule has 0 aliphatic carbocycles. The fourth-order valence-electron chi connectivity index (χ4n) is 7.83. The smallest absolute Gasteiger partial charge is 0.328 e. The molecule has 31 nitrogen and oxygen atoms in total. The van der Waals surface area contributed by atoms with Crippen LogP contribution in [0.4, 0.5) is 11.9 Å². The van der Waals surface area contributed by atoms with E-state index in [-0.39, 0.29) is 43.8 Å². The van der Waals surface area contributed by atoms with Gasteiger partial charge in [-0.1, -0.05) is 0 Å². The average Bonchev–Trinajstić information content (AvgIpc) is 4.34. The molecule has 6 aromatic rings. The summed E-state index contributed by atoms with van der Waals surface area (Å²) in [7, 11) is 0. The Morgan fingerprint density at radius 3 is 1.56 bits per heavy atom. The summed E-state index contributed by atoms with van der Waals surface area (Å²) < 4.78 is 14.2. The van der Waals surface area contributed by atoms with Gasteiger partial charge in [0.25, 0.3) is 11.8 Å². The molecular formula is C50H66N18O13. The van der Waals surface area contributed by atoms with Crippen LogP contribution in [0.3, 0.4) is 0 Å². The molecule has 0 radical (unpaired) electrons. The van der Waals surface area contributed by atoms with E-state index < -0.39 is 104 Å². The second kappa shape index (κ2) is 31.8. The Labute approximate surface area is 462 Å². The number of nitrogens with one attached hydrogen (secondary N) is 11. The highest BCUT2D eigenvalue weighted by molar-refractivity contribution is 5.99. The second-order valence-electron chi connectivity index (χ2n) is 18.0. The number of rotatable bonds is 37. The van der Waals surface area contributed by atoms with Gasteiger partial charge in [-0.2, -0.15) is 10.2 Å². The number of benzene rings is 2. The summed E-state index contributed by atoms with van der Waals surface area (Å²) in [6, 6.07) is 5.08. The van der Waals surface area contributed by atoms with Crippen molar-refractivity contribution in [3.05, 3.63) is 84.7 Å². The molecule has 434 valence electrons. The molecule has 15 N–H and O–H groups in total. The topological polar surface area (TPSA) is 440 Å². The largest absolute Gasteiger partial charge is 0.480 e. The molecule has 1 unspecified atom stereocenters. The number of amides is 7. The number of aromatic nitrogens is 8. The van der Waals surface area contributed by atoms with Crippen LogP contribution < -0.4 is 53.6 Å². The molecule has 31 heteroatoms. The van der Waals surface area contributed by atoms with E-state index in [4.69, 9.17) is 15.2 Å². The second-order valence-corrected chi connectivity index (χ2v) is 18.0. The lowest BCUT2D eigenvalue weighted by Gasteiger charge is -2.19. The molecule has 0 aliphatic heterocycles. The van der Waals surface area contributed by atoms with Crippen molar-refractivity contribution in [1.29, 1.82) is 0 Å². The SMILES string of the molecule is NCCOCCOCCC(=O)NC(CCC(=O)NCC(=O)N[C@@H](CNC(=O)c1ccc2c(cnn2CCCNc2ncc[nH]2)c1)C(=O)O)C(=O)NCC(=O)N[C@@H](CNC(=O)c1ccc2c(cnn2CCCNc2ncc[nH]2)c1)C(=O)O. The van der Waals surface area contributed by atoms with E-state index in [1.165, 1.54) is 0 Å². The summed E-state index contributed by atoms with van der Waals surface area (Å²) in [4.78, 5) is 130. The number of hydrogen-bond acceptors (Lipinski definition) is 18. The van der Waals surface area contributed by atoms with Gasteiger partial charge in [-0.05, 0) is 55.7 Å². The van der Waals surface area contributed by atoms with Gasteiger partial charge in [-0.25, -0.2) is 19.6 Å². The highest BCUT2D eigenvalue weighted by Gasteiger charge is 2.26. The Balaban J connectivity index is 0.936. The minimum atomic E-state index is -1.63. The number of aryl methyl sites for hydroxylation is 2. The van der Waals surface area contributed by atoms with E-state index in [1.807, 2.05) is 0 Å². The first-order valence-corrected chi connectivity index (χ1v) is 25.8. The fourth-order valence-corrected chi connectivity index (χ4v) is 7.83. The summed E-state index contributed by atoms with van der Waals surface area (Å²) in [5.41, 5.74) is 7.37. The van der Waals surface area contributed by atoms with Gasteiger partial charge in [0.05, 0.1) is 62.9 Å². The lowest BCUT2D eigenvalue weighted by atomic mass is 10.1. The Kier molecular flexibility index (Phi) is 23.8. The minimum absolute atomic E-state index is 0.0699. The third kappa shape index (κ3) is 20.0. The van der Waals surface area contributed by atoms with Crippen LogP contribution in [0, 0.1) is 0 Å². The number of carboxylic acids is 2. The highest BCUT2D eigenvalue weighted by atomic mass is 16.5. The maximum atomic E-state index is 13.4. The van der Waals surface area contributed by atoms with E-state index >= 15 is 0 Å². The zero-order valence-electron chi connectivity index (χ0n) is 44.0. The van der Waals surface area contributed by atoms with Crippen molar-refractivity contribution < 1.29 is 62.8 Å². The van der Waals surface area contributed by atoms with Crippen molar-refractivity contribution >= 4 is 87.0 Å². The minimum Gasteiger partial charge on any atom is -0.480 e. The van der Waals surface area contributed by atoms with Gasteiger partial charge in [0.1, 0.15) is 18.1 Å². The number of carboxylic acid groups (broad SMARTS) is 2. The fraction of sp³-hybridized carbons (Fsp3) is 0.420. The molecule has 0 bridgehead atoms. The number of nitrogens with two attached hydrogens (primary N) is 1. The predicted molar refractivity (Wildman–Crippen MR) is 289 cm³/mol. The summed E-state index contributed by atoms with van der Waals surface area (Å²) in [5, 5.41) is 52.7. The standard InChI is InChI=1S/C50H66N18O13/c51-10-20-81-22-21-80-19-9-41(70)64-35(46(75)61-30-43(72)66-37(48(78)79)28-60-45(74)32-4-7-39-34(24-32)26-63-68(39)18-2-12-53-50-56-15-16-57-50)5-8-40(69)58-29-42(71)65-36(47(76)77)27-59-44(73)31-3-6-38-33(23-31)25-62-67(38)17-1-11-52-49-54-13-14-55-49/h3-4,6-7,13-16,23-26,35-37H,1-2,5,8-12,17-22,27-30,51H2,(H,58,69)(H,59,73)(H,60,74)(H,61,75)(H,64,70)(H,65,71)(H,66,72)(H,76,77)(H,78,79)(H2,52,54,55)(H2,53,56,57)/t35?,36-,37-/m0/s1. The number of fused-ring (bicyclic) bond motifs is 2. The summed E-state index contributed by atoms with van der Waals surface area (Å²) in [6.45, 7) is 0.837. The predicted octanol–water partition coefficient (Wildman–Crippen LogP) is -1.99. The number of imidazole rings is 2. The van der Waals surface area contributed by atoms with Crippen LogP contribution in [0.15, 0.2) is 73.6 Å². The van der Waals surface area contributed by atoms with E-state index in [9.17, 15) is 53.4 Å². The van der Waals surface area contributed by atoms with Crippen molar-refractivity contribution in [2.24, 2.45) is 5.73 Å². The van der Waals surface area contributed by atoms with Gasteiger partial charge >= 0.3 is 11.9 Å². The van der Waals surface area contributed by atoms with Crippen LogP contribution in [0.1, 0.15) is 52.8 Å². The van der Waals surface area contributed by atoms with Gasteiger partial charge < -0.3 is 83.2 Å². The first-order chi connectivity index (χ1) is 39.2. The number of carbonyl (C=O) groups excluding carboxylic acids is 7. The van der Waals surface area contributed by atoms with Crippen LogP contribution in [0.2, 0.25) is 0 Å². The van der Waals surface area contributed by atoms with E-state index in [1.54, 1.807) is 82.9 Å². The van der Waals surface area contributed by atoms with Crippen LogP contribution in [-0.2, 0) is 56.1 Å². The molecule has 7 amide bonds. The molecule has 0 fully saturated rings. The molecular weight excluding hydrogens is 1060 g/mol. The summed E-state index contributed by atoms with van der Waals surface area (Å²) in [5.74, 6) is -7.18. The third-order valence-electron chi connectivity index (χ3n) is 12.0. The van der Waals surface area contributed by atoms with Crippen molar-refractivity contribution in [2.75, 3.05) is 82.9 Å². The zero-order valence-corrected chi connectivity index (χ0v) is 44.0. The third-order valence-corrected chi connectivity index (χ3v) is 12.0. The number of ether oxygens (including phenoxy) is 2. The molecule has 81 heavy (non-hydrogen) atoms. The maximum absolute atomic E-state index is 13.4. The van der Waals surface area contributed by atoms with Crippen LogP contribution in [0.5, 0.6) is 0 Å². The first kappa shape index (κ1) is 60.7. The molecule has 2 aromatic carbocycles. The molecule has 6 rings (SSSR count). The van der Waals surface area contributed by atoms with E-state index in [0.29, 0.717) is 62.0 Å². The Morgan fingerprint density at radius 1 is 0.580 bits per heavy atom. The van der Waals surface area contributed by atoms with Gasteiger partial charge in [-0.15, -0.1) is 0 Å². The molecule has 0 saturated heterocycles. The van der Waals surface area contributed by atoms with Gasteiger partial charge in [-0.3, -0.25) is 42.9 Å². The Hall–Kier alpha value is -9.49. The average molecular weight is 1130 g/mol. The van der Waals surface area contributed by atoms with Gasteiger partial charge in [0, 0.05) is 105 Å². The van der Waals surface area contributed by atoms with E-state index in [0.717, 1.165) is 23.9 Å². The number of aromatic amines is 2. The molecule has 0 saturated carbocycles. The van der Waals surface area contributed by atoms with Crippen molar-refractivity contribution in [3.63, 3.8) is 0 Å². The molecule has 4 aromatic heterocycles. The van der Waals surface area contributed by atoms with Crippen LogP contribution in [0.25, 0.3) is 21.8 Å². The quantitative estimate of drug-likeness (QED) is 0.0188. The van der Waals surface area contributed by atoms with Gasteiger partial charge in [0.15, 0.2) is 11.9 Å². The molecule has 0 spiro atoms. The number of hydrogen-bond donors (Lipinski definition) is 14.